The summed E-state index contributed by atoms with van der Waals surface area (Å²) in [7, 11) is 3.49. The average molecular weight is 356 g/mol. The highest BCUT2D eigenvalue weighted by molar-refractivity contribution is 9.10. The third-order valence-electron chi connectivity index (χ3n) is 4.90. The molecule has 1 aromatic carbocycles. The molecule has 0 amide bonds. The maximum absolute atomic E-state index is 6.55. The Hall–Kier alpha value is -0.580. The molecule has 0 heterocycles. The van der Waals surface area contributed by atoms with E-state index >= 15 is 0 Å². The van der Waals surface area contributed by atoms with Gasteiger partial charge in [0.15, 0.2) is 0 Å². The number of hydrogen-bond acceptors (Lipinski definition) is 3. The van der Waals surface area contributed by atoms with E-state index < -0.39 is 0 Å². The molecule has 1 aliphatic carbocycles. The van der Waals surface area contributed by atoms with Crippen LogP contribution in [0, 0.1) is 5.92 Å². The lowest BCUT2D eigenvalue weighted by Crippen LogP contribution is -2.52. The Kier molecular flexibility index (Phi) is 5.69. The first kappa shape index (κ1) is 16.8. The summed E-state index contributed by atoms with van der Waals surface area (Å²) in [6.07, 6.45) is 5.28. The van der Waals surface area contributed by atoms with Crippen LogP contribution in [0.4, 0.5) is 0 Å². The molecule has 0 aliphatic heterocycles. The van der Waals surface area contributed by atoms with Gasteiger partial charge in [0.2, 0.25) is 0 Å². The van der Waals surface area contributed by atoms with Gasteiger partial charge in [-0.2, -0.15) is 0 Å². The van der Waals surface area contributed by atoms with Crippen LogP contribution < -0.4 is 10.5 Å². The molecule has 1 aliphatic rings. The van der Waals surface area contributed by atoms with Gasteiger partial charge in [-0.25, -0.2) is 0 Å². The van der Waals surface area contributed by atoms with Crippen molar-refractivity contribution in [3.05, 3.63) is 28.2 Å². The second-order valence-corrected chi connectivity index (χ2v) is 7.07. The molecule has 2 rings (SSSR count). The van der Waals surface area contributed by atoms with Crippen molar-refractivity contribution in [2.45, 2.75) is 50.7 Å². The molecule has 118 valence electrons. The van der Waals surface area contributed by atoms with Gasteiger partial charge < -0.3 is 15.2 Å². The third-order valence-corrected chi connectivity index (χ3v) is 5.67. The minimum Gasteiger partial charge on any atom is -0.497 e. The molecule has 1 aromatic rings. The number of hydrogen-bond donors (Lipinski definition) is 1. The van der Waals surface area contributed by atoms with E-state index in [0.29, 0.717) is 0 Å². The summed E-state index contributed by atoms with van der Waals surface area (Å²) in [4.78, 5) is 0. The Bertz CT molecular complexity index is 470. The summed E-state index contributed by atoms with van der Waals surface area (Å²) < 4.78 is 12.3. The zero-order chi connectivity index (χ0) is 15.5. The van der Waals surface area contributed by atoms with Crippen molar-refractivity contribution < 1.29 is 9.47 Å². The highest BCUT2D eigenvalue weighted by atomic mass is 79.9. The number of benzene rings is 1. The van der Waals surface area contributed by atoms with E-state index in [9.17, 15) is 0 Å². The molecule has 3 nitrogen and oxygen atoms in total. The SMILES string of the molecule is COc1ccc(Br)c(CC(N)C2(OC)CCC(C)CC2)c1. The first-order valence-corrected chi connectivity index (χ1v) is 8.43. The number of ether oxygens (including phenoxy) is 2. The molecule has 1 atom stereocenters. The van der Waals surface area contributed by atoms with Crippen LogP contribution in [0.15, 0.2) is 22.7 Å². The van der Waals surface area contributed by atoms with Crippen LogP contribution in [0.3, 0.4) is 0 Å². The molecule has 0 bridgehead atoms. The predicted molar refractivity (Wildman–Crippen MR) is 89.7 cm³/mol. The van der Waals surface area contributed by atoms with E-state index in [1.807, 2.05) is 12.1 Å². The molecule has 4 heteroatoms. The van der Waals surface area contributed by atoms with Crippen LogP contribution in [0.2, 0.25) is 0 Å². The van der Waals surface area contributed by atoms with Crippen molar-refractivity contribution in [2.75, 3.05) is 14.2 Å². The molecular weight excluding hydrogens is 330 g/mol. The Balaban J connectivity index is 2.14. The van der Waals surface area contributed by atoms with Gasteiger partial charge in [0.25, 0.3) is 0 Å². The van der Waals surface area contributed by atoms with Crippen LogP contribution in [-0.2, 0) is 11.2 Å². The topological polar surface area (TPSA) is 44.5 Å². The Labute approximate surface area is 136 Å². The lowest BCUT2D eigenvalue weighted by Gasteiger charge is -2.42. The highest BCUT2D eigenvalue weighted by Crippen LogP contribution is 2.37. The van der Waals surface area contributed by atoms with Crippen molar-refractivity contribution in [3.8, 4) is 5.75 Å². The van der Waals surface area contributed by atoms with E-state index in [2.05, 4.69) is 28.9 Å². The minimum absolute atomic E-state index is 0.00148. The first-order valence-electron chi connectivity index (χ1n) is 7.64. The van der Waals surface area contributed by atoms with E-state index in [-0.39, 0.29) is 11.6 Å². The summed E-state index contributed by atoms with van der Waals surface area (Å²) in [6, 6.07) is 6.02. The third kappa shape index (κ3) is 3.79. The van der Waals surface area contributed by atoms with Gasteiger partial charge in [-0.1, -0.05) is 22.9 Å². The van der Waals surface area contributed by atoms with Gasteiger partial charge in [0.05, 0.1) is 12.7 Å². The maximum atomic E-state index is 6.55. The molecule has 21 heavy (non-hydrogen) atoms. The van der Waals surface area contributed by atoms with Crippen molar-refractivity contribution in [3.63, 3.8) is 0 Å². The zero-order valence-electron chi connectivity index (χ0n) is 13.2. The molecule has 0 saturated heterocycles. The van der Waals surface area contributed by atoms with Crippen LogP contribution in [0.1, 0.15) is 38.2 Å². The molecule has 0 radical (unpaired) electrons. The number of methoxy groups -OCH3 is 2. The van der Waals surface area contributed by atoms with Crippen LogP contribution in [0.25, 0.3) is 0 Å². The number of nitrogens with two attached hydrogens (primary N) is 1. The van der Waals surface area contributed by atoms with Crippen molar-refractivity contribution in [2.24, 2.45) is 11.7 Å². The molecule has 1 saturated carbocycles. The van der Waals surface area contributed by atoms with Crippen LogP contribution in [-0.4, -0.2) is 25.9 Å². The standard InChI is InChI=1S/C17H26BrNO2/c1-12-6-8-17(21-3,9-7-12)16(19)11-13-10-14(20-2)4-5-15(13)18/h4-5,10,12,16H,6-9,11,19H2,1-3H3. The Morgan fingerprint density at radius 1 is 1.33 bits per heavy atom. The molecule has 0 aromatic heterocycles. The van der Waals surface area contributed by atoms with Crippen molar-refractivity contribution >= 4 is 15.9 Å². The second-order valence-electron chi connectivity index (χ2n) is 6.22. The predicted octanol–water partition coefficient (Wildman–Crippen LogP) is 3.92. The van der Waals surface area contributed by atoms with Crippen LogP contribution >= 0.6 is 15.9 Å². The summed E-state index contributed by atoms with van der Waals surface area (Å²) in [5.41, 5.74) is 7.54. The molecule has 1 fully saturated rings. The fraction of sp³-hybridized carbons (Fsp3) is 0.647. The van der Waals surface area contributed by atoms with Crippen molar-refractivity contribution in [1.82, 2.24) is 0 Å². The van der Waals surface area contributed by atoms with Gasteiger partial charge in [0, 0.05) is 17.6 Å². The lowest BCUT2D eigenvalue weighted by atomic mass is 9.74. The summed E-state index contributed by atoms with van der Waals surface area (Å²) >= 11 is 3.61. The lowest BCUT2D eigenvalue weighted by molar-refractivity contribution is -0.0659. The van der Waals surface area contributed by atoms with Crippen molar-refractivity contribution in [1.29, 1.82) is 0 Å². The quantitative estimate of drug-likeness (QED) is 0.870. The molecule has 2 N–H and O–H groups in total. The van der Waals surface area contributed by atoms with E-state index in [4.69, 9.17) is 15.2 Å². The summed E-state index contributed by atoms with van der Waals surface area (Å²) in [5, 5.41) is 0. The number of rotatable bonds is 5. The van der Waals surface area contributed by atoms with Gasteiger partial charge in [0.1, 0.15) is 5.75 Å². The largest absolute Gasteiger partial charge is 0.497 e. The summed E-state index contributed by atoms with van der Waals surface area (Å²) in [5.74, 6) is 1.65. The van der Waals surface area contributed by atoms with E-state index in [0.717, 1.165) is 35.4 Å². The van der Waals surface area contributed by atoms with Gasteiger partial charge in [-0.15, -0.1) is 0 Å². The van der Waals surface area contributed by atoms with E-state index in [1.165, 1.54) is 18.4 Å². The summed E-state index contributed by atoms with van der Waals surface area (Å²) in [6.45, 7) is 2.31. The normalized spacial score (nSPS) is 27.4. The fourth-order valence-corrected chi connectivity index (χ4v) is 3.64. The van der Waals surface area contributed by atoms with Gasteiger partial charge in [-0.05, 0) is 61.8 Å². The zero-order valence-corrected chi connectivity index (χ0v) is 14.8. The molecule has 0 spiro atoms. The minimum atomic E-state index is -0.185. The van der Waals surface area contributed by atoms with Gasteiger partial charge >= 0.3 is 0 Å². The second kappa shape index (κ2) is 7.12. The monoisotopic (exact) mass is 355 g/mol. The molecular formula is C17H26BrNO2. The highest BCUT2D eigenvalue weighted by Gasteiger charge is 2.39. The fourth-order valence-electron chi connectivity index (χ4n) is 3.23. The Morgan fingerprint density at radius 2 is 2.00 bits per heavy atom. The van der Waals surface area contributed by atoms with Crippen LogP contribution in [0.5, 0.6) is 5.75 Å². The first-order chi connectivity index (χ1) is 10.0. The van der Waals surface area contributed by atoms with E-state index in [1.54, 1.807) is 14.2 Å². The average Bonchev–Trinajstić information content (AvgIpc) is 2.50. The number of halogens is 1. The molecule has 1 unspecified atom stereocenters. The maximum Gasteiger partial charge on any atom is 0.119 e. The Morgan fingerprint density at radius 3 is 2.57 bits per heavy atom. The smallest absolute Gasteiger partial charge is 0.119 e. The van der Waals surface area contributed by atoms with Gasteiger partial charge in [-0.3, -0.25) is 0 Å².